The van der Waals surface area contributed by atoms with Gasteiger partial charge in [-0.3, -0.25) is 9.69 Å². The van der Waals surface area contributed by atoms with Crippen LogP contribution in [0.15, 0.2) is 59.1 Å². The molecule has 0 saturated carbocycles. The summed E-state index contributed by atoms with van der Waals surface area (Å²) >= 11 is 0. The molecule has 1 saturated heterocycles. The summed E-state index contributed by atoms with van der Waals surface area (Å²) in [4.78, 5) is 21.2. The lowest BCUT2D eigenvalue weighted by Crippen LogP contribution is -2.48. The monoisotopic (exact) mass is 376 g/mol. The zero-order chi connectivity index (χ0) is 19.3. The van der Waals surface area contributed by atoms with E-state index in [0.29, 0.717) is 24.7 Å². The minimum Gasteiger partial charge on any atom is -0.340 e. The van der Waals surface area contributed by atoms with Gasteiger partial charge in [-0.25, -0.2) is 0 Å². The second-order valence-electron chi connectivity index (χ2n) is 7.20. The molecule has 0 N–H and O–H groups in total. The predicted octanol–water partition coefficient (Wildman–Crippen LogP) is 2.93. The van der Waals surface area contributed by atoms with Gasteiger partial charge >= 0.3 is 0 Å². The van der Waals surface area contributed by atoms with E-state index in [1.807, 2.05) is 66.4 Å². The molecule has 4 rings (SSSR count). The lowest BCUT2D eigenvalue weighted by molar-refractivity contribution is -0.132. The third kappa shape index (κ3) is 4.46. The van der Waals surface area contributed by atoms with Gasteiger partial charge in [0.2, 0.25) is 5.91 Å². The van der Waals surface area contributed by atoms with E-state index < -0.39 is 0 Å². The highest BCUT2D eigenvalue weighted by atomic mass is 16.5. The standard InChI is InChI=1S/C22H24N4O2/c1-17-6-5-9-19(14-17)22-23-20(24-28-22)16-25-10-12-26(13-11-25)21(27)15-18-7-3-2-4-8-18/h2-9,14H,10-13,15-16H2,1H3. The third-order valence-electron chi connectivity index (χ3n) is 5.02. The van der Waals surface area contributed by atoms with Crippen molar-refractivity contribution in [1.29, 1.82) is 0 Å². The number of carbonyl (C=O) groups excluding carboxylic acids is 1. The van der Waals surface area contributed by atoms with Crippen molar-refractivity contribution < 1.29 is 9.32 Å². The van der Waals surface area contributed by atoms with E-state index in [2.05, 4.69) is 15.0 Å². The first-order chi connectivity index (χ1) is 13.7. The number of rotatable bonds is 5. The highest BCUT2D eigenvalue weighted by Gasteiger charge is 2.22. The minimum absolute atomic E-state index is 0.187. The molecule has 0 spiro atoms. The Kier molecular flexibility index (Phi) is 5.48. The number of aryl methyl sites for hydroxylation is 1. The molecular weight excluding hydrogens is 352 g/mol. The van der Waals surface area contributed by atoms with Gasteiger partial charge in [-0.2, -0.15) is 4.98 Å². The van der Waals surface area contributed by atoms with E-state index in [9.17, 15) is 4.79 Å². The van der Waals surface area contributed by atoms with Gasteiger partial charge in [-0.1, -0.05) is 53.2 Å². The first-order valence-electron chi connectivity index (χ1n) is 9.61. The van der Waals surface area contributed by atoms with Gasteiger partial charge in [0.1, 0.15) is 0 Å². The van der Waals surface area contributed by atoms with Crippen LogP contribution in [0.25, 0.3) is 11.5 Å². The summed E-state index contributed by atoms with van der Waals surface area (Å²) < 4.78 is 5.42. The molecule has 1 aliphatic heterocycles. The molecule has 6 heteroatoms. The average molecular weight is 376 g/mol. The molecule has 6 nitrogen and oxygen atoms in total. The number of piperazine rings is 1. The first kappa shape index (κ1) is 18.4. The smallest absolute Gasteiger partial charge is 0.257 e. The van der Waals surface area contributed by atoms with Crippen molar-refractivity contribution in [2.45, 2.75) is 19.9 Å². The number of aromatic nitrogens is 2. The van der Waals surface area contributed by atoms with Crippen LogP contribution in [0.2, 0.25) is 0 Å². The van der Waals surface area contributed by atoms with Gasteiger partial charge in [0.05, 0.1) is 13.0 Å². The van der Waals surface area contributed by atoms with Gasteiger partial charge in [-0.05, 0) is 24.6 Å². The maximum atomic E-state index is 12.5. The van der Waals surface area contributed by atoms with Crippen LogP contribution in [-0.4, -0.2) is 52.0 Å². The largest absolute Gasteiger partial charge is 0.340 e. The summed E-state index contributed by atoms with van der Waals surface area (Å²) in [5.74, 6) is 1.42. The molecule has 0 radical (unpaired) electrons. The van der Waals surface area contributed by atoms with E-state index in [1.165, 1.54) is 0 Å². The van der Waals surface area contributed by atoms with E-state index >= 15 is 0 Å². The topological polar surface area (TPSA) is 62.5 Å². The lowest BCUT2D eigenvalue weighted by Gasteiger charge is -2.34. The van der Waals surface area contributed by atoms with Crippen molar-refractivity contribution in [3.8, 4) is 11.5 Å². The maximum Gasteiger partial charge on any atom is 0.257 e. The van der Waals surface area contributed by atoms with Crippen molar-refractivity contribution in [3.63, 3.8) is 0 Å². The maximum absolute atomic E-state index is 12.5. The van der Waals surface area contributed by atoms with Gasteiger partial charge in [0, 0.05) is 31.7 Å². The Bertz CT molecular complexity index is 930. The Labute approximate surface area is 164 Å². The molecule has 0 atom stereocenters. The Hall–Kier alpha value is -2.99. The number of carbonyl (C=O) groups is 1. The van der Waals surface area contributed by atoms with Crippen LogP contribution in [0.5, 0.6) is 0 Å². The van der Waals surface area contributed by atoms with Crippen LogP contribution < -0.4 is 0 Å². The van der Waals surface area contributed by atoms with Gasteiger partial charge < -0.3 is 9.42 Å². The lowest BCUT2D eigenvalue weighted by atomic mass is 10.1. The normalized spacial score (nSPS) is 15.0. The predicted molar refractivity (Wildman–Crippen MR) is 106 cm³/mol. The summed E-state index contributed by atoms with van der Waals surface area (Å²) in [7, 11) is 0. The molecule has 0 aliphatic carbocycles. The number of hydrogen-bond donors (Lipinski definition) is 0. The fraction of sp³-hybridized carbons (Fsp3) is 0.318. The number of amides is 1. The second-order valence-corrected chi connectivity index (χ2v) is 7.20. The number of nitrogens with zero attached hydrogens (tertiary/aromatic N) is 4. The summed E-state index contributed by atoms with van der Waals surface area (Å²) in [5, 5.41) is 4.12. The van der Waals surface area contributed by atoms with Crippen molar-refractivity contribution >= 4 is 5.91 Å². The third-order valence-corrected chi connectivity index (χ3v) is 5.02. The van der Waals surface area contributed by atoms with Gasteiger partial charge in [-0.15, -0.1) is 0 Å². The van der Waals surface area contributed by atoms with Crippen LogP contribution in [-0.2, 0) is 17.8 Å². The second kappa shape index (κ2) is 8.35. The quantitative estimate of drug-likeness (QED) is 0.685. The van der Waals surface area contributed by atoms with Gasteiger partial charge in [0.15, 0.2) is 5.82 Å². The van der Waals surface area contributed by atoms with Crippen LogP contribution in [0.4, 0.5) is 0 Å². The first-order valence-corrected chi connectivity index (χ1v) is 9.61. The molecule has 144 valence electrons. The van der Waals surface area contributed by atoms with E-state index in [0.717, 1.165) is 42.9 Å². The van der Waals surface area contributed by atoms with Crippen molar-refractivity contribution in [1.82, 2.24) is 19.9 Å². The van der Waals surface area contributed by atoms with Gasteiger partial charge in [0.25, 0.3) is 5.89 Å². The Balaban J connectivity index is 1.29. The summed E-state index contributed by atoms with van der Waals surface area (Å²) in [6, 6.07) is 17.9. The van der Waals surface area contributed by atoms with Crippen LogP contribution in [0.3, 0.4) is 0 Å². The van der Waals surface area contributed by atoms with E-state index in [-0.39, 0.29) is 5.91 Å². The summed E-state index contributed by atoms with van der Waals surface area (Å²) in [6.45, 7) is 5.77. The molecule has 1 amide bonds. The average Bonchev–Trinajstić information content (AvgIpc) is 3.18. The van der Waals surface area contributed by atoms with E-state index in [4.69, 9.17) is 4.52 Å². The molecule has 28 heavy (non-hydrogen) atoms. The van der Waals surface area contributed by atoms with Crippen molar-refractivity contribution in [3.05, 3.63) is 71.5 Å². The molecule has 0 unspecified atom stereocenters. The van der Waals surface area contributed by atoms with Crippen molar-refractivity contribution in [2.24, 2.45) is 0 Å². The zero-order valence-electron chi connectivity index (χ0n) is 16.0. The molecule has 1 aliphatic rings. The van der Waals surface area contributed by atoms with Crippen molar-refractivity contribution in [2.75, 3.05) is 26.2 Å². The SMILES string of the molecule is Cc1cccc(-c2nc(CN3CCN(C(=O)Cc4ccccc4)CC3)no2)c1. The molecule has 0 bridgehead atoms. The molecule has 1 aromatic heterocycles. The molecule has 2 aromatic carbocycles. The van der Waals surface area contributed by atoms with Crippen LogP contribution in [0, 0.1) is 6.92 Å². The van der Waals surface area contributed by atoms with E-state index in [1.54, 1.807) is 0 Å². The highest BCUT2D eigenvalue weighted by Crippen LogP contribution is 2.19. The minimum atomic E-state index is 0.187. The summed E-state index contributed by atoms with van der Waals surface area (Å²) in [5.41, 5.74) is 3.16. The zero-order valence-corrected chi connectivity index (χ0v) is 16.0. The Morgan fingerprint density at radius 3 is 2.57 bits per heavy atom. The Morgan fingerprint density at radius 1 is 1.04 bits per heavy atom. The fourth-order valence-electron chi connectivity index (χ4n) is 3.45. The molecule has 3 aromatic rings. The molecular formula is C22H24N4O2. The van der Waals surface area contributed by atoms with Crippen LogP contribution in [0.1, 0.15) is 17.0 Å². The van der Waals surface area contributed by atoms with Crippen LogP contribution >= 0.6 is 0 Å². The highest BCUT2D eigenvalue weighted by molar-refractivity contribution is 5.78. The summed E-state index contributed by atoms with van der Waals surface area (Å²) in [6.07, 6.45) is 0.464. The fourth-order valence-corrected chi connectivity index (χ4v) is 3.45. The molecule has 2 heterocycles. The number of benzene rings is 2. The Morgan fingerprint density at radius 2 is 1.82 bits per heavy atom. The molecule has 1 fully saturated rings. The number of hydrogen-bond acceptors (Lipinski definition) is 5.